The maximum absolute atomic E-state index is 12.5. The van der Waals surface area contributed by atoms with Gasteiger partial charge in [-0.2, -0.15) is 4.98 Å². The molecule has 2 aliphatic rings. The monoisotopic (exact) mass is 518 g/mol. The van der Waals surface area contributed by atoms with Gasteiger partial charge in [0, 0.05) is 36.7 Å². The third-order valence-corrected chi connectivity index (χ3v) is 6.84. The number of rotatable bonds is 5. The quantitative estimate of drug-likeness (QED) is 0.311. The maximum Gasteiger partial charge on any atom is 0.573 e. The van der Waals surface area contributed by atoms with Gasteiger partial charge in [-0.3, -0.25) is 10.1 Å². The molecule has 1 saturated heterocycles. The molecule has 1 aliphatic carbocycles. The van der Waals surface area contributed by atoms with Gasteiger partial charge in [0.2, 0.25) is 0 Å². The highest BCUT2D eigenvalue weighted by Gasteiger charge is 2.48. The topological polar surface area (TPSA) is 121 Å². The van der Waals surface area contributed by atoms with Crippen LogP contribution in [-0.4, -0.2) is 45.5 Å². The van der Waals surface area contributed by atoms with Crippen LogP contribution in [0, 0.1) is 15.5 Å². The number of nitrogens with zero attached hydrogens (tertiary/aromatic N) is 4. The molecule has 37 heavy (non-hydrogen) atoms. The van der Waals surface area contributed by atoms with Gasteiger partial charge in [0.1, 0.15) is 11.5 Å². The summed E-state index contributed by atoms with van der Waals surface area (Å²) in [6.45, 7) is 1.06. The van der Waals surface area contributed by atoms with Crippen LogP contribution in [0.1, 0.15) is 37.4 Å². The summed E-state index contributed by atoms with van der Waals surface area (Å²) in [4.78, 5) is 28.8. The van der Waals surface area contributed by atoms with Gasteiger partial charge in [-0.25, -0.2) is 4.79 Å². The van der Waals surface area contributed by atoms with Crippen LogP contribution in [0.3, 0.4) is 0 Å². The number of amides is 1. The number of aromatic nitrogens is 2. The molecule has 0 radical (unpaired) electrons. The van der Waals surface area contributed by atoms with E-state index in [2.05, 4.69) is 14.9 Å². The van der Waals surface area contributed by atoms with Crippen LogP contribution in [0.2, 0.25) is 0 Å². The lowest BCUT2D eigenvalue weighted by Gasteiger charge is -2.51. The van der Waals surface area contributed by atoms with Crippen molar-refractivity contribution in [1.29, 1.82) is 0 Å². The van der Waals surface area contributed by atoms with Crippen molar-refractivity contribution >= 4 is 11.8 Å². The first kappa shape index (κ1) is 24.5. The van der Waals surface area contributed by atoms with Gasteiger partial charge in [0.05, 0.1) is 4.92 Å². The van der Waals surface area contributed by atoms with E-state index in [9.17, 15) is 28.1 Å². The highest BCUT2D eigenvalue weighted by atomic mass is 19.4. The van der Waals surface area contributed by atoms with Crippen LogP contribution in [-0.2, 0) is 0 Å². The second-order valence-electron chi connectivity index (χ2n) is 9.24. The molecular formula is C24H21F3N4O6. The second kappa shape index (κ2) is 9.37. The Morgan fingerprint density at radius 2 is 1.68 bits per heavy atom. The number of carbonyl (C=O) groups excluding carboxylic acids is 1. The number of hydrogen-bond acceptors (Lipinski definition) is 8. The number of halogens is 3. The third-order valence-electron chi connectivity index (χ3n) is 6.84. The average Bonchev–Trinajstić information content (AvgIpc) is 3.32. The Balaban J connectivity index is 1.11. The summed E-state index contributed by atoms with van der Waals surface area (Å²) in [6.07, 6.45) is -1.98. The molecule has 1 amide bonds. The van der Waals surface area contributed by atoms with E-state index in [4.69, 9.17) is 9.26 Å². The number of benzene rings is 2. The van der Waals surface area contributed by atoms with Crippen molar-refractivity contribution in [2.45, 2.75) is 38.0 Å². The molecule has 0 N–H and O–H groups in total. The Morgan fingerprint density at radius 1 is 1.05 bits per heavy atom. The Labute approximate surface area is 208 Å². The van der Waals surface area contributed by atoms with Crippen molar-refractivity contribution in [3.8, 4) is 23.0 Å². The van der Waals surface area contributed by atoms with E-state index < -0.39 is 17.4 Å². The molecule has 0 atom stereocenters. The van der Waals surface area contributed by atoms with E-state index in [1.165, 1.54) is 48.5 Å². The lowest BCUT2D eigenvalue weighted by Crippen LogP contribution is -2.48. The molecule has 3 aromatic rings. The second-order valence-corrected chi connectivity index (χ2v) is 9.24. The first-order valence-electron chi connectivity index (χ1n) is 11.5. The fourth-order valence-electron chi connectivity index (χ4n) is 4.86. The number of nitro benzene ring substituents is 1. The van der Waals surface area contributed by atoms with Gasteiger partial charge in [-0.05, 0) is 67.5 Å². The van der Waals surface area contributed by atoms with Gasteiger partial charge in [0.25, 0.3) is 11.6 Å². The molecule has 1 spiro atoms. The highest BCUT2D eigenvalue weighted by molar-refractivity contribution is 5.71. The third kappa shape index (κ3) is 5.49. The van der Waals surface area contributed by atoms with E-state index in [1.54, 1.807) is 4.90 Å². The maximum atomic E-state index is 12.5. The number of hydrogen-bond donors (Lipinski definition) is 0. The first-order valence-corrected chi connectivity index (χ1v) is 11.5. The predicted molar refractivity (Wildman–Crippen MR) is 121 cm³/mol. The van der Waals surface area contributed by atoms with Crippen LogP contribution in [0.5, 0.6) is 11.5 Å². The predicted octanol–water partition coefficient (Wildman–Crippen LogP) is 5.70. The number of likely N-dealkylation sites (tertiary alicyclic amines) is 1. The summed E-state index contributed by atoms with van der Waals surface area (Å²) in [5, 5.41) is 14.8. The fourth-order valence-corrected chi connectivity index (χ4v) is 4.86. The number of alkyl halides is 3. The van der Waals surface area contributed by atoms with Crippen molar-refractivity contribution in [2.75, 3.05) is 13.1 Å². The standard InChI is InChI=1S/C24H21F3N4O6/c25-24(26,27)36-19-5-1-15(2-6-19)21-28-20(29-37-21)16-13-23(14-16)9-11-30(12-10-23)22(32)35-18-7-3-17(4-8-18)31(33)34/h1-8,16H,9-14H2. The Hall–Kier alpha value is -4.16. The molecule has 2 fully saturated rings. The minimum atomic E-state index is -4.76. The fraction of sp³-hybridized carbons (Fsp3) is 0.375. The van der Waals surface area contributed by atoms with Gasteiger partial charge >= 0.3 is 12.5 Å². The Morgan fingerprint density at radius 3 is 2.27 bits per heavy atom. The molecule has 0 unspecified atom stereocenters. The molecule has 194 valence electrons. The summed E-state index contributed by atoms with van der Waals surface area (Å²) in [5.74, 6) is 0.786. The smallest absolute Gasteiger partial charge is 0.410 e. The van der Waals surface area contributed by atoms with Crippen LogP contribution in [0.15, 0.2) is 53.1 Å². The molecule has 10 nitrogen and oxygen atoms in total. The minimum Gasteiger partial charge on any atom is -0.410 e. The molecular weight excluding hydrogens is 497 g/mol. The molecule has 1 aliphatic heterocycles. The molecule has 1 saturated carbocycles. The van der Waals surface area contributed by atoms with Crippen LogP contribution in [0.4, 0.5) is 23.7 Å². The van der Waals surface area contributed by atoms with Gasteiger partial charge in [-0.1, -0.05) is 5.16 Å². The number of non-ortho nitro benzene ring substituents is 1. The van der Waals surface area contributed by atoms with Crippen LogP contribution in [0.25, 0.3) is 11.5 Å². The molecule has 13 heteroatoms. The molecule has 5 rings (SSSR count). The summed E-state index contributed by atoms with van der Waals surface area (Å²) >= 11 is 0. The molecule has 1 aromatic heterocycles. The van der Waals surface area contributed by atoms with Crippen LogP contribution >= 0.6 is 0 Å². The van der Waals surface area contributed by atoms with Crippen LogP contribution < -0.4 is 9.47 Å². The summed E-state index contributed by atoms with van der Waals surface area (Å²) in [7, 11) is 0. The Kier molecular flexibility index (Phi) is 6.21. The minimum absolute atomic E-state index is 0.0756. The van der Waals surface area contributed by atoms with Crippen molar-refractivity contribution in [3.63, 3.8) is 0 Å². The van der Waals surface area contributed by atoms with Gasteiger partial charge in [0.15, 0.2) is 5.82 Å². The lowest BCUT2D eigenvalue weighted by molar-refractivity contribution is -0.384. The zero-order valence-corrected chi connectivity index (χ0v) is 19.3. The van der Waals surface area contributed by atoms with E-state index >= 15 is 0 Å². The summed E-state index contributed by atoms with van der Waals surface area (Å²) < 4.78 is 51.5. The lowest BCUT2D eigenvalue weighted by atomic mass is 9.57. The van der Waals surface area contributed by atoms with Gasteiger partial charge < -0.3 is 18.9 Å². The molecule has 2 heterocycles. The normalized spacial score (nSPS) is 17.3. The average molecular weight is 518 g/mol. The summed E-state index contributed by atoms with van der Waals surface area (Å²) in [6, 6.07) is 10.6. The first-order chi connectivity index (χ1) is 17.6. The van der Waals surface area contributed by atoms with E-state index in [1.807, 2.05) is 0 Å². The largest absolute Gasteiger partial charge is 0.573 e. The van der Waals surface area contributed by atoms with Crippen molar-refractivity contribution in [1.82, 2.24) is 15.0 Å². The zero-order valence-electron chi connectivity index (χ0n) is 19.3. The SMILES string of the molecule is O=C(Oc1ccc([N+](=O)[O-])cc1)N1CCC2(CC1)CC(c1noc(-c3ccc(OC(F)(F)F)cc3)n1)C2. The number of nitro groups is 1. The zero-order chi connectivity index (χ0) is 26.2. The van der Waals surface area contributed by atoms with Crippen molar-refractivity contribution in [3.05, 3.63) is 64.5 Å². The number of piperidine rings is 1. The van der Waals surface area contributed by atoms with Crippen molar-refractivity contribution < 1.29 is 36.9 Å². The Bertz CT molecular complexity index is 1280. The number of carbonyl (C=O) groups is 1. The molecule has 0 bridgehead atoms. The van der Waals surface area contributed by atoms with E-state index in [0.29, 0.717) is 24.5 Å². The van der Waals surface area contributed by atoms with Crippen molar-refractivity contribution in [2.24, 2.45) is 5.41 Å². The van der Waals surface area contributed by atoms with E-state index in [0.717, 1.165) is 25.7 Å². The highest BCUT2D eigenvalue weighted by Crippen LogP contribution is 2.56. The van der Waals surface area contributed by atoms with Gasteiger partial charge in [-0.15, -0.1) is 13.2 Å². The van der Waals surface area contributed by atoms with E-state index in [-0.39, 0.29) is 34.4 Å². The number of ether oxygens (including phenoxy) is 2. The molecule has 2 aromatic carbocycles. The summed E-state index contributed by atoms with van der Waals surface area (Å²) in [5.41, 5.74) is 0.482.